The number of nitrogens with zero attached hydrogens (tertiary/aromatic N) is 3. The zero-order chi connectivity index (χ0) is 30.2. The summed E-state index contributed by atoms with van der Waals surface area (Å²) in [6.07, 6.45) is 3.03. The molecule has 0 saturated heterocycles. The van der Waals surface area contributed by atoms with Crippen LogP contribution in [0.5, 0.6) is 11.5 Å². The van der Waals surface area contributed by atoms with Gasteiger partial charge in [0.05, 0.1) is 38.0 Å². The number of carbonyl (C=O) groups excluding carboxylic acids is 2. The summed E-state index contributed by atoms with van der Waals surface area (Å²) in [5.74, 6) is 0.515. The lowest BCUT2D eigenvalue weighted by molar-refractivity contribution is -0.136. The topological polar surface area (TPSA) is 102 Å². The number of hydrogen-bond acceptors (Lipinski definition) is 9. The van der Waals surface area contributed by atoms with Crippen LogP contribution in [0, 0.1) is 0 Å². The van der Waals surface area contributed by atoms with Crippen molar-refractivity contribution in [1.82, 2.24) is 15.2 Å². The normalized spacial score (nSPS) is 15.8. The van der Waals surface area contributed by atoms with Crippen molar-refractivity contribution in [2.24, 2.45) is 4.99 Å². The van der Waals surface area contributed by atoms with Crippen molar-refractivity contribution in [3.8, 4) is 11.5 Å². The van der Waals surface area contributed by atoms with Crippen LogP contribution in [0.15, 0.2) is 100 Å². The van der Waals surface area contributed by atoms with Crippen molar-refractivity contribution in [2.75, 3.05) is 20.8 Å². The molecular weight excluding hydrogens is 564 g/mol. The fraction of sp³-hybridized carbons (Fsp3) is 0.273. The standard InChI is InChI=1S/C33H34N4O5S/c1-4-26-30(32(39)41-3)31(23-13-14-27(28(18-23)40-2)42-20-22-10-6-5-7-11-22)37-25(21-43-33(37)36-26)19-29(38)35-17-15-24-12-8-9-16-34-24/h5-14,16,18,21,31H,4,15,17,19-20H2,1-3H3,(H,35,38). The van der Waals surface area contributed by atoms with Gasteiger partial charge < -0.3 is 24.4 Å². The predicted molar refractivity (Wildman–Crippen MR) is 166 cm³/mol. The van der Waals surface area contributed by atoms with E-state index in [0.717, 1.165) is 22.5 Å². The van der Waals surface area contributed by atoms with Crippen molar-refractivity contribution in [1.29, 1.82) is 0 Å². The number of amidine groups is 1. The number of amides is 1. The maximum atomic E-state index is 13.3. The molecule has 0 fully saturated rings. The first kappa shape index (κ1) is 29.9. The number of carbonyl (C=O) groups is 2. The summed E-state index contributed by atoms with van der Waals surface area (Å²) in [7, 11) is 2.95. The predicted octanol–water partition coefficient (Wildman–Crippen LogP) is 5.56. The van der Waals surface area contributed by atoms with Crippen molar-refractivity contribution >= 4 is 28.8 Å². The first-order valence-electron chi connectivity index (χ1n) is 14.1. The molecule has 9 nitrogen and oxygen atoms in total. The van der Waals surface area contributed by atoms with Gasteiger partial charge in [-0.25, -0.2) is 9.79 Å². The molecule has 0 bridgehead atoms. The molecule has 1 atom stereocenters. The number of methoxy groups -OCH3 is 2. The van der Waals surface area contributed by atoms with Crippen LogP contribution in [0.3, 0.4) is 0 Å². The molecule has 1 N–H and O–H groups in total. The van der Waals surface area contributed by atoms with E-state index in [-0.39, 0.29) is 12.3 Å². The Labute approximate surface area is 255 Å². The molecule has 0 aliphatic carbocycles. The first-order valence-corrected chi connectivity index (χ1v) is 15.0. The Morgan fingerprint density at radius 3 is 2.56 bits per heavy atom. The molecule has 1 aromatic heterocycles. The molecule has 0 saturated carbocycles. The summed E-state index contributed by atoms with van der Waals surface area (Å²) < 4.78 is 17.1. The van der Waals surface area contributed by atoms with Gasteiger partial charge in [0.25, 0.3) is 0 Å². The molecule has 2 aromatic carbocycles. The zero-order valence-electron chi connectivity index (χ0n) is 24.4. The molecule has 0 spiro atoms. The Kier molecular flexibility index (Phi) is 9.78. The van der Waals surface area contributed by atoms with E-state index in [1.807, 2.05) is 84.0 Å². The van der Waals surface area contributed by atoms with Gasteiger partial charge in [-0.3, -0.25) is 9.78 Å². The van der Waals surface area contributed by atoms with E-state index in [9.17, 15) is 9.59 Å². The highest BCUT2D eigenvalue weighted by atomic mass is 32.2. The summed E-state index contributed by atoms with van der Waals surface area (Å²) in [5, 5.41) is 5.62. The van der Waals surface area contributed by atoms with Crippen LogP contribution in [0.25, 0.3) is 0 Å². The number of ether oxygens (including phenoxy) is 3. The zero-order valence-corrected chi connectivity index (χ0v) is 25.2. The van der Waals surface area contributed by atoms with Crippen molar-refractivity contribution in [2.45, 2.75) is 38.8 Å². The van der Waals surface area contributed by atoms with Gasteiger partial charge in [0, 0.05) is 30.6 Å². The van der Waals surface area contributed by atoms with Gasteiger partial charge in [0.2, 0.25) is 5.91 Å². The van der Waals surface area contributed by atoms with Crippen LogP contribution in [-0.4, -0.2) is 47.7 Å². The van der Waals surface area contributed by atoms with Crippen LogP contribution >= 0.6 is 11.8 Å². The highest BCUT2D eigenvalue weighted by Gasteiger charge is 2.41. The third-order valence-electron chi connectivity index (χ3n) is 7.14. The number of aromatic nitrogens is 1. The van der Waals surface area contributed by atoms with E-state index < -0.39 is 12.0 Å². The van der Waals surface area contributed by atoms with E-state index in [2.05, 4.69) is 10.3 Å². The third kappa shape index (κ3) is 6.91. The van der Waals surface area contributed by atoms with Gasteiger partial charge in [0.15, 0.2) is 16.7 Å². The lowest BCUT2D eigenvalue weighted by Gasteiger charge is -2.36. The SMILES string of the molecule is CCC1=C(C(=O)OC)C(c2ccc(OCc3ccccc3)c(OC)c2)N2C(CC(=O)NCCc3ccccn3)=CSC2=N1. The second-order valence-corrected chi connectivity index (χ2v) is 10.7. The molecule has 1 amide bonds. The number of esters is 1. The van der Waals surface area contributed by atoms with Gasteiger partial charge in [-0.05, 0) is 47.2 Å². The number of benzene rings is 2. The van der Waals surface area contributed by atoms with E-state index in [0.29, 0.717) is 53.9 Å². The minimum atomic E-state index is -0.574. The van der Waals surface area contributed by atoms with E-state index >= 15 is 0 Å². The molecule has 3 heterocycles. The van der Waals surface area contributed by atoms with E-state index in [1.165, 1.54) is 18.9 Å². The Morgan fingerprint density at radius 1 is 1.02 bits per heavy atom. The number of pyridine rings is 1. The highest BCUT2D eigenvalue weighted by molar-refractivity contribution is 8.16. The van der Waals surface area contributed by atoms with E-state index in [4.69, 9.17) is 19.2 Å². The minimum Gasteiger partial charge on any atom is -0.493 e. The molecule has 0 radical (unpaired) electrons. The maximum Gasteiger partial charge on any atom is 0.338 e. The first-order chi connectivity index (χ1) is 21.0. The van der Waals surface area contributed by atoms with Gasteiger partial charge >= 0.3 is 5.97 Å². The van der Waals surface area contributed by atoms with Crippen LogP contribution in [-0.2, 0) is 27.4 Å². The van der Waals surface area contributed by atoms with Crippen LogP contribution in [0.2, 0.25) is 0 Å². The second-order valence-electron chi connectivity index (χ2n) is 9.88. The molecule has 1 unspecified atom stereocenters. The number of nitrogens with one attached hydrogen (secondary N) is 1. The largest absolute Gasteiger partial charge is 0.493 e. The smallest absolute Gasteiger partial charge is 0.338 e. The van der Waals surface area contributed by atoms with Crippen LogP contribution in [0.1, 0.15) is 42.6 Å². The molecule has 43 heavy (non-hydrogen) atoms. The second kappa shape index (κ2) is 14.1. The molecule has 10 heteroatoms. The van der Waals surface area contributed by atoms with E-state index in [1.54, 1.807) is 13.3 Å². The van der Waals surface area contributed by atoms with Gasteiger partial charge in [-0.15, -0.1) is 0 Å². The Bertz CT molecular complexity index is 1560. The molecule has 2 aliphatic heterocycles. The number of hydrogen-bond donors (Lipinski definition) is 1. The summed E-state index contributed by atoms with van der Waals surface area (Å²) in [5.41, 5.74) is 4.54. The molecule has 5 rings (SSSR count). The Morgan fingerprint density at radius 2 is 1.84 bits per heavy atom. The molecule has 3 aromatic rings. The van der Waals surface area contributed by atoms with Gasteiger partial charge in [-0.2, -0.15) is 0 Å². The average Bonchev–Trinajstić information content (AvgIpc) is 3.45. The fourth-order valence-electron chi connectivity index (χ4n) is 5.04. The number of fused-ring (bicyclic) bond motifs is 1. The van der Waals surface area contributed by atoms with Gasteiger partial charge in [-0.1, -0.05) is 61.2 Å². The van der Waals surface area contributed by atoms with Crippen molar-refractivity contribution < 1.29 is 23.8 Å². The quantitative estimate of drug-likeness (QED) is 0.271. The number of allylic oxidation sites excluding steroid dienone is 1. The number of thioether (sulfide) groups is 1. The summed E-state index contributed by atoms with van der Waals surface area (Å²) in [4.78, 5) is 37.4. The highest BCUT2D eigenvalue weighted by Crippen LogP contribution is 2.46. The summed E-state index contributed by atoms with van der Waals surface area (Å²) in [6.45, 7) is 2.81. The molecule has 2 aliphatic rings. The lowest BCUT2D eigenvalue weighted by Crippen LogP contribution is -2.38. The van der Waals surface area contributed by atoms with Crippen molar-refractivity contribution in [3.05, 3.63) is 112 Å². The fourth-order valence-corrected chi connectivity index (χ4v) is 5.98. The Balaban J connectivity index is 1.41. The molecule has 222 valence electrons. The number of aliphatic imine (C=N–C) groups is 1. The van der Waals surface area contributed by atoms with Gasteiger partial charge in [0.1, 0.15) is 6.61 Å². The number of rotatable bonds is 12. The van der Waals surface area contributed by atoms with Crippen molar-refractivity contribution in [3.63, 3.8) is 0 Å². The molecular formula is C33H34N4O5S. The third-order valence-corrected chi connectivity index (χ3v) is 8.03. The Hall–Kier alpha value is -4.57. The summed E-state index contributed by atoms with van der Waals surface area (Å²) >= 11 is 1.44. The van der Waals surface area contributed by atoms with Crippen LogP contribution in [0.4, 0.5) is 0 Å². The monoisotopic (exact) mass is 598 g/mol. The average molecular weight is 599 g/mol. The summed E-state index contributed by atoms with van der Waals surface area (Å²) in [6, 6.07) is 20.7. The lowest BCUT2D eigenvalue weighted by atomic mass is 9.92. The minimum absolute atomic E-state index is 0.121. The van der Waals surface area contributed by atoms with Crippen LogP contribution < -0.4 is 14.8 Å². The maximum absolute atomic E-state index is 13.3.